The lowest BCUT2D eigenvalue weighted by Crippen LogP contribution is -2.10. The van der Waals surface area contributed by atoms with Gasteiger partial charge in [-0.3, -0.25) is 5.32 Å². The molecule has 0 radical (unpaired) electrons. The molecule has 2 rings (SSSR count). The predicted octanol–water partition coefficient (Wildman–Crippen LogP) is 3.50. The van der Waals surface area contributed by atoms with E-state index in [2.05, 4.69) is 15.0 Å². The van der Waals surface area contributed by atoms with Crippen LogP contribution in [0, 0.1) is 0 Å². The molecule has 0 saturated carbocycles. The van der Waals surface area contributed by atoms with Crippen molar-refractivity contribution in [3.05, 3.63) is 24.3 Å². The van der Waals surface area contributed by atoms with Crippen LogP contribution in [0.3, 0.4) is 0 Å². The smallest absolute Gasteiger partial charge is 0.413 e. The maximum Gasteiger partial charge on any atom is 0.413 e. The standard InChI is InChI=1S/C9H8N2O2S.C2H6/c1-13-9(12)11-8-10-6-4-2-3-5-7(6)14-8;1-2/h2-5H,1H3,(H,10,11,12);1-2H3. The van der Waals surface area contributed by atoms with Gasteiger partial charge in [0.25, 0.3) is 0 Å². The molecule has 0 bridgehead atoms. The molecular weight excluding hydrogens is 224 g/mol. The van der Waals surface area contributed by atoms with E-state index in [0.29, 0.717) is 5.13 Å². The summed E-state index contributed by atoms with van der Waals surface area (Å²) in [5.41, 5.74) is 0.879. The molecule has 0 aliphatic heterocycles. The van der Waals surface area contributed by atoms with Gasteiger partial charge in [0.2, 0.25) is 0 Å². The summed E-state index contributed by atoms with van der Waals surface area (Å²) in [6.07, 6.45) is -0.496. The number of para-hydroxylation sites is 1. The minimum Gasteiger partial charge on any atom is -0.453 e. The number of aromatic nitrogens is 1. The molecule has 0 saturated heterocycles. The summed E-state index contributed by atoms with van der Waals surface area (Å²) in [6.45, 7) is 4.00. The Morgan fingerprint density at radius 1 is 1.38 bits per heavy atom. The molecule has 16 heavy (non-hydrogen) atoms. The lowest BCUT2D eigenvalue weighted by atomic mass is 10.3. The van der Waals surface area contributed by atoms with Crippen molar-refractivity contribution in [3.63, 3.8) is 0 Å². The van der Waals surface area contributed by atoms with E-state index >= 15 is 0 Å². The monoisotopic (exact) mass is 238 g/mol. The van der Waals surface area contributed by atoms with Gasteiger partial charge in [-0.25, -0.2) is 9.78 Å². The fourth-order valence-electron chi connectivity index (χ4n) is 1.06. The topological polar surface area (TPSA) is 51.2 Å². The third-order valence-electron chi connectivity index (χ3n) is 1.69. The molecule has 1 aromatic heterocycles. The number of carbonyl (C=O) groups excluding carboxylic acids is 1. The van der Waals surface area contributed by atoms with Gasteiger partial charge in [-0.05, 0) is 12.1 Å². The van der Waals surface area contributed by atoms with E-state index in [1.165, 1.54) is 18.4 Å². The molecule has 0 unspecified atom stereocenters. The number of hydrogen-bond donors (Lipinski definition) is 1. The molecular formula is C11H14N2O2S. The van der Waals surface area contributed by atoms with Crippen LogP contribution < -0.4 is 5.32 Å². The maximum atomic E-state index is 10.9. The fraction of sp³-hybridized carbons (Fsp3) is 0.273. The zero-order valence-electron chi connectivity index (χ0n) is 9.48. The first-order valence-electron chi connectivity index (χ1n) is 5.00. The summed E-state index contributed by atoms with van der Waals surface area (Å²) in [5, 5.41) is 3.08. The van der Waals surface area contributed by atoms with Gasteiger partial charge in [0.1, 0.15) is 0 Å². The van der Waals surface area contributed by atoms with E-state index in [-0.39, 0.29) is 0 Å². The van der Waals surface area contributed by atoms with E-state index in [9.17, 15) is 4.79 Å². The van der Waals surface area contributed by atoms with Crippen molar-refractivity contribution in [2.45, 2.75) is 13.8 Å². The van der Waals surface area contributed by atoms with E-state index < -0.39 is 6.09 Å². The van der Waals surface area contributed by atoms with Crippen LogP contribution in [0.5, 0.6) is 0 Å². The minimum absolute atomic E-state index is 0.496. The number of rotatable bonds is 1. The quantitative estimate of drug-likeness (QED) is 0.827. The fourth-order valence-corrected chi connectivity index (χ4v) is 1.92. The molecule has 86 valence electrons. The van der Waals surface area contributed by atoms with Crippen LogP contribution in [0.1, 0.15) is 13.8 Å². The normalized spacial score (nSPS) is 9.19. The van der Waals surface area contributed by atoms with Crippen LogP contribution in [0.4, 0.5) is 9.93 Å². The number of methoxy groups -OCH3 is 1. The van der Waals surface area contributed by atoms with Gasteiger partial charge in [0.05, 0.1) is 17.3 Å². The number of nitrogens with zero attached hydrogens (tertiary/aromatic N) is 1. The highest BCUT2D eigenvalue weighted by Gasteiger charge is 2.05. The molecule has 0 spiro atoms. The van der Waals surface area contributed by atoms with Crippen molar-refractivity contribution in [3.8, 4) is 0 Å². The highest BCUT2D eigenvalue weighted by molar-refractivity contribution is 7.22. The number of thiazole rings is 1. The van der Waals surface area contributed by atoms with Crippen molar-refractivity contribution >= 4 is 32.8 Å². The zero-order chi connectivity index (χ0) is 12.0. The Bertz CT molecular complexity index is 435. The summed E-state index contributed by atoms with van der Waals surface area (Å²) in [6, 6.07) is 7.69. The van der Waals surface area contributed by atoms with Crippen molar-refractivity contribution in [2.75, 3.05) is 12.4 Å². The molecule has 2 aromatic rings. The van der Waals surface area contributed by atoms with E-state index in [0.717, 1.165) is 10.2 Å². The number of nitrogens with one attached hydrogen (secondary N) is 1. The Kier molecular flexibility index (Phi) is 4.72. The largest absolute Gasteiger partial charge is 0.453 e. The van der Waals surface area contributed by atoms with Crippen LogP contribution in [-0.2, 0) is 4.74 Å². The number of hydrogen-bond acceptors (Lipinski definition) is 4. The highest BCUT2D eigenvalue weighted by Crippen LogP contribution is 2.25. The molecule has 1 heterocycles. The molecule has 0 aliphatic carbocycles. The Labute approximate surface area is 98.3 Å². The lowest BCUT2D eigenvalue weighted by Gasteiger charge is -1.96. The van der Waals surface area contributed by atoms with Crippen LogP contribution in [-0.4, -0.2) is 18.2 Å². The van der Waals surface area contributed by atoms with Crippen molar-refractivity contribution in [2.24, 2.45) is 0 Å². The molecule has 1 aromatic carbocycles. The summed E-state index contributed by atoms with van der Waals surface area (Å²) in [4.78, 5) is 15.1. The van der Waals surface area contributed by atoms with Gasteiger partial charge in [-0.15, -0.1) is 0 Å². The number of carbonyl (C=O) groups is 1. The summed E-state index contributed by atoms with van der Waals surface area (Å²) in [5.74, 6) is 0. The van der Waals surface area contributed by atoms with E-state index in [4.69, 9.17) is 0 Å². The second kappa shape index (κ2) is 6.07. The van der Waals surface area contributed by atoms with Gasteiger partial charge in [0, 0.05) is 0 Å². The van der Waals surface area contributed by atoms with Crippen LogP contribution in [0.25, 0.3) is 10.2 Å². The second-order valence-electron chi connectivity index (χ2n) is 2.60. The Morgan fingerprint density at radius 2 is 2.06 bits per heavy atom. The first kappa shape index (κ1) is 12.4. The van der Waals surface area contributed by atoms with Crippen molar-refractivity contribution in [1.82, 2.24) is 4.98 Å². The SMILES string of the molecule is CC.COC(=O)Nc1nc2ccccc2s1. The highest BCUT2D eigenvalue weighted by atomic mass is 32.1. The first-order chi connectivity index (χ1) is 7.79. The lowest BCUT2D eigenvalue weighted by molar-refractivity contribution is 0.187. The molecule has 4 nitrogen and oxygen atoms in total. The van der Waals surface area contributed by atoms with Gasteiger partial charge in [0.15, 0.2) is 5.13 Å². The van der Waals surface area contributed by atoms with Crippen LogP contribution in [0.15, 0.2) is 24.3 Å². The molecule has 1 amide bonds. The summed E-state index contributed by atoms with van der Waals surface area (Å²) < 4.78 is 5.51. The van der Waals surface area contributed by atoms with Gasteiger partial charge in [-0.2, -0.15) is 0 Å². The minimum atomic E-state index is -0.496. The average molecular weight is 238 g/mol. The number of amides is 1. The Balaban J connectivity index is 0.000000606. The van der Waals surface area contributed by atoms with Gasteiger partial charge in [-0.1, -0.05) is 37.3 Å². The molecule has 0 aliphatic rings. The van der Waals surface area contributed by atoms with Gasteiger partial charge >= 0.3 is 6.09 Å². The van der Waals surface area contributed by atoms with Crippen molar-refractivity contribution in [1.29, 1.82) is 0 Å². The average Bonchev–Trinajstić information content (AvgIpc) is 2.73. The number of anilines is 1. The molecule has 5 heteroatoms. The molecule has 0 fully saturated rings. The molecule has 1 N–H and O–H groups in total. The third kappa shape index (κ3) is 2.93. The summed E-state index contributed by atoms with van der Waals surface area (Å²) in [7, 11) is 1.32. The van der Waals surface area contributed by atoms with Crippen LogP contribution >= 0.6 is 11.3 Å². The van der Waals surface area contributed by atoms with Crippen LogP contribution in [0.2, 0.25) is 0 Å². The Hall–Kier alpha value is -1.62. The van der Waals surface area contributed by atoms with E-state index in [1.54, 1.807) is 0 Å². The number of benzene rings is 1. The second-order valence-corrected chi connectivity index (χ2v) is 3.63. The molecule has 0 atom stereocenters. The Morgan fingerprint density at radius 3 is 2.69 bits per heavy atom. The zero-order valence-corrected chi connectivity index (χ0v) is 10.3. The third-order valence-corrected chi connectivity index (χ3v) is 2.64. The van der Waals surface area contributed by atoms with Crippen molar-refractivity contribution < 1.29 is 9.53 Å². The maximum absolute atomic E-state index is 10.9. The summed E-state index contributed by atoms with van der Waals surface area (Å²) >= 11 is 1.42. The first-order valence-corrected chi connectivity index (χ1v) is 5.82. The number of ether oxygens (including phenoxy) is 1. The predicted molar refractivity (Wildman–Crippen MR) is 67.0 cm³/mol. The number of fused-ring (bicyclic) bond motifs is 1. The van der Waals surface area contributed by atoms with E-state index in [1.807, 2.05) is 38.1 Å². The van der Waals surface area contributed by atoms with Gasteiger partial charge < -0.3 is 4.74 Å².